The Kier molecular flexibility index (Phi) is 6.95. The highest BCUT2D eigenvalue weighted by molar-refractivity contribution is 8.14. The van der Waals surface area contributed by atoms with E-state index in [9.17, 15) is 14.4 Å². The molecule has 1 aliphatic heterocycles. The molecule has 3 rings (SSSR count). The van der Waals surface area contributed by atoms with Crippen molar-refractivity contribution >= 4 is 46.1 Å². The number of carbonyl (C=O) groups is 3. The Morgan fingerprint density at radius 1 is 1.11 bits per heavy atom. The van der Waals surface area contributed by atoms with Crippen LogP contribution in [-0.4, -0.2) is 34.3 Å². The second-order valence-corrected chi connectivity index (χ2v) is 7.55. The number of nitrogens with one attached hydrogen (secondary N) is 1. The van der Waals surface area contributed by atoms with Gasteiger partial charge in [0.1, 0.15) is 5.75 Å². The Bertz CT molecular complexity index is 840. The number of hydrogen-bond donors (Lipinski definition) is 1. The van der Waals surface area contributed by atoms with E-state index in [1.54, 1.807) is 48.5 Å². The molecule has 8 heteroatoms. The lowest BCUT2D eigenvalue weighted by Crippen LogP contribution is -2.27. The van der Waals surface area contributed by atoms with E-state index >= 15 is 0 Å². The minimum absolute atomic E-state index is 0.103. The largest absolute Gasteiger partial charge is 0.494 e. The van der Waals surface area contributed by atoms with Gasteiger partial charge in [-0.3, -0.25) is 19.3 Å². The van der Waals surface area contributed by atoms with Crippen molar-refractivity contribution in [3.05, 3.63) is 59.1 Å². The number of hydrogen-bond acceptors (Lipinski definition) is 5. The lowest BCUT2D eigenvalue weighted by atomic mass is 10.2. The summed E-state index contributed by atoms with van der Waals surface area (Å²) in [5.41, 5.74) is 1.50. The van der Waals surface area contributed by atoms with Crippen LogP contribution >= 0.6 is 23.4 Å². The summed E-state index contributed by atoms with van der Waals surface area (Å²) in [6, 6.07) is 14.2. The molecule has 0 bridgehead atoms. The average molecular weight is 419 g/mol. The molecule has 146 valence electrons. The third-order valence-electron chi connectivity index (χ3n) is 4.05. The van der Waals surface area contributed by atoms with Crippen LogP contribution in [0.1, 0.15) is 18.4 Å². The van der Waals surface area contributed by atoms with Crippen LogP contribution in [0.3, 0.4) is 0 Å². The first kappa shape index (κ1) is 20.2. The lowest BCUT2D eigenvalue weighted by molar-refractivity contribution is -0.125. The summed E-state index contributed by atoms with van der Waals surface area (Å²) in [5.74, 6) is 0.644. The molecular formula is C20H19ClN2O4S. The summed E-state index contributed by atoms with van der Waals surface area (Å²) in [4.78, 5) is 36.5. The lowest BCUT2D eigenvalue weighted by Gasteiger charge is -2.13. The fourth-order valence-electron chi connectivity index (χ4n) is 2.59. The zero-order chi connectivity index (χ0) is 19.9. The van der Waals surface area contributed by atoms with Crippen LogP contribution in [0.5, 0.6) is 5.75 Å². The van der Waals surface area contributed by atoms with Crippen LogP contribution in [0.2, 0.25) is 5.02 Å². The van der Waals surface area contributed by atoms with Crippen molar-refractivity contribution in [1.29, 1.82) is 0 Å². The molecule has 0 atom stereocenters. The Morgan fingerprint density at radius 3 is 2.46 bits per heavy atom. The Hall–Kier alpha value is -2.51. The van der Waals surface area contributed by atoms with E-state index in [4.69, 9.17) is 16.3 Å². The van der Waals surface area contributed by atoms with Gasteiger partial charge in [-0.05, 0) is 48.4 Å². The van der Waals surface area contributed by atoms with Crippen molar-refractivity contribution in [3.8, 4) is 5.75 Å². The van der Waals surface area contributed by atoms with E-state index in [-0.39, 0.29) is 29.4 Å². The summed E-state index contributed by atoms with van der Waals surface area (Å²) >= 11 is 6.83. The molecule has 0 aliphatic carbocycles. The SMILES string of the molecule is O=C(CCCOc1ccc(Cl)cc1)Nc1ccc(CN2C(=O)CSC2=O)cc1. The highest BCUT2D eigenvalue weighted by atomic mass is 35.5. The molecule has 2 aromatic rings. The maximum absolute atomic E-state index is 12.0. The van der Waals surface area contributed by atoms with Gasteiger partial charge in [-0.25, -0.2) is 0 Å². The summed E-state index contributed by atoms with van der Waals surface area (Å²) in [5, 5.41) is 3.25. The molecule has 1 saturated heterocycles. The molecule has 28 heavy (non-hydrogen) atoms. The standard InChI is InChI=1S/C20H19ClN2O4S/c21-15-5-9-17(10-6-15)27-11-1-2-18(24)22-16-7-3-14(4-8-16)12-23-19(25)13-28-20(23)26/h3-10H,1-2,11-13H2,(H,22,24). The van der Waals surface area contributed by atoms with Gasteiger partial charge in [0.2, 0.25) is 11.8 Å². The number of halogens is 1. The molecule has 0 radical (unpaired) electrons. The number of amides is 3. The number of rotatable bonds is 8. The third-order valence-corrected chi connectivity index (χ3v) is 5.16. The molecule has 0 spiro atoms. The molecule has 0 unspecified atom stereocenters. The Labute approximate surface area is 172 Å². The van der Waals surface area contributed by atoms with Crippen LogP contribution < -0.4 is 10.1 Å². The van der Waals surface area contributed by atoms with Crippen molar-refractivity contribution in [3.63, 3.8) is 0 Å². The maximum atomic E-state index is 12.0. The van der Waals surface area contributed by atoms with Gasteiger partial charge in [0.15, 0.2) is 0 Å². The predicted molar refractivity (Wildman–Crippen MR) is 110 cm³/mol. The average Bonchev–Trinajstić information content (AvgIpc) is 3.00. The van der Waals surface area contributed by atoms with Crippen LogP contribution in [0.25, 0.3) is 0 Å². The third kappa shape index (κ3) is 5.74. The van der Waals surface area contributed by atoms with Crippen molar-refractivity contribution in [2.45, 2.75) is 19.4 Å². The van der Waals surface area contributed by atoms with E-state index in [2.05, 4.69) is 5.32 Å². The smallest absolute Gasteiger partial charge is 0.289 e. The van der Waals surface area contributed by atoms with E-state index in [1.165, 1.54) is 4.90 Å². The van der Waals surface area contributed by atoms with E-state index < -0.39 is 0 Å². The van der Waals surface area contributed by atoms with Gasteiger partial charge >= 0.3 is 0 Å². The normalized spacial score (nSPS) is 13.7. The topological polar surface area (TPSA) is 75.7 Å². The first-order chi connectivity index (χ1) is 13.5. The Morgan fingerprint density at radius 2 is 1.82 bits per heavy atom. The van der Waals surface area contributed by atoms with E-state index in [0.29, 0.717) is 35.9 Å². The second kappa shape index (κ2) is 9.61. The number of benzene rings is 2. The van der Waals surface area contributed by atoms with Crippen LogP contribution in [0.15, 0.2) is 48.5 Å². The molecule has 3 amide bonds. The summed E-state index contributed by atoms with van der Waals surface area (Å²) < 4.78 is 5.56. The predicted octanol–water partition coefficient (Wildman–Crippen LogP) is 4.33. The number of thioether (sulfide) groups is 1. The van der Waals surface area contributed by atoms with Gasteiger partial charge in [-0.15, -0.1) is 0 Å². The molecule has 1 heterocycles. The van der Waals surface area contributed by atoms with Gasteiger partial charge in [0.25, 0.3) is 5.24 Å². The van der Waals surface area contributed by atoms with Gasteiger partial charge in [-0.1, -0.05) is 35.5 Å². The quantitative estimate of drug-likeness (QED) is 0.645. The van der Waals surface area contributed by atoms with Gasteiger partial charge < -0.3 is 10.1 Å². The highest BCUT2D eigenvalue weighted by Gasteiger charge is 2.29. The number of nitrogens with zero attached hydrogens (tertiary/aromatic N) is 1. The van der Waals surface area contributed by atoms with Crippen molar-refractivity contribution in [2.24, 2.45) is 0 Å². The first-order valence-corrected chi connectivity index (χ1v) is 10.1. The highest BCUT2D eigenvalue weighted by Crippen LogP contribution is 2.22. The molecule has 6 nitrogen and oxygen atoms in total. The van der Waals surface area contributed by atoms with Crippen LogP contribution in [0, 0.1) is 0 Å². The molecule has 0 aromatic heterocycles. The number of carbonyl (C=O) groups excluding carboxylic acids is 3. The minimum Gasteiger partial charge on any atom is -0.494 e. The molecule has 1 N–H and O–H groups in total. The zero-order valence-electron chi connectivity index (χ0n) is 15.0. The molecular weight excluding hydrogens is 400 g/mol. The molecule has 0 saturated carbocycles. The molecule has 2 aromatic carbocycles. The zero-order valence-corrected chi connectivity index (χ0v) is 16.6. The van der Waals surface area contributed by atoms with E-state index in [0.717, 1.165) is 17.3 Å². The van der Waals surface area contributed by atoms with Gasteiger partial charge in [0, 0.05) is 17.1 Å². The maximum Gasteiger partial charge on any atom is 0.289 e. The fourth-order valence-corrected chi connectivity index (χ4v) is 3.44. The Balaban J connectivity index is 1.39. The van der Waals surface area contributed by atoms with Crippen molar-refractivity contribution < 1.29 is 19.1 Å². The summed E-state index contributed by atoms with van der Waals surface area (Å²) in [7, 11) is 0. The van der Waals surface area contributed by atoms with Crippen LogP contribution in [-0.2, 0) is 16.1 Å². The molecule has 1 fully saturated rings. The van der Waals surface area contributed by atoms with Crippen LogP contribution in [0.4, 0.5) is 10.5 Å². The minimum atomic E-state index is -0.219. The first-order valence-electron chi connectivity index (χ1n) is 8.75. The molecule has 1 aliphatic rings. The number of imide groups is 1. The monoisotopic (exact) mass is 418 g/mol. The van der Waals surface area contributed by atoms with Gasteiger partial charge in [-0.2, -0.15) is 0 Å². The summed E-state index contributed by atoms with van der Waals surface area (Å²) in [6.07, 6.45) is 0.923. The number of anilines is 1. The van der Waals surface area contributed by atoms with E-state index in [1.807, 2.05) is 0 Å². The second-order valence-electron chi connectivity index (χ2n) is 6.19. The van der Waals surface area contributed by atoms with Crippen molar-refractivity contribution in [2.75, 3.05) is 17.7 Å². The fraction of sp³-hybridized carbons (Fsp3) is 0.250. The van der Waals surface area contributed by atoms with Gasteiger partial charge in [0.05, 0.1) is 18.9 Å². The van der Waals surface area contributed by atoms with Crippen molar-refractivity contribution in [1.82, 2.24) is 4.90 Å². The number of ether oxygens (including phenoxy) is 1. The summed E-state index contributed by atoms with van der Waals surface area (Å²) in [6.45, 7) is 0.685.